The highest BCUT2D eigenvalue weighted by Crippen LogP contribution is 2.30. The zero-order chi connectivity index (χ0) is 12.8. The van der Waals surface area contributed by atoms with E-state index in [1.807, 2.05) is 0 Å². The molecule has 1 aromatic heterocycles. The summed E-state index contributed by atoms with van der Waals surface area (Å²) in [6.45, 7) is 3.27. The molecule has 0 saturated heterocycles. The van der Waals surface area contributed by atoms with Crippen molar-refractivity contribution < 1.29 is 0 Å². The molecule has 0 aromatic carbocycles. The van der Waals surface area contributed by atoms with Gasteiger partial charge in [0.1, 0.15) is 11.9 Å². The Kier molecular flexibility index (Phi) is 4.58. The van der Waals surface area contributed by atoms with Gasteiger partial charge in [-0.25, -0.2) is 4.98 Å². The second-order valence-corrected chi connectivity index (χ2v) is 5.35. The van der Waals surface area contributed by atoms with Crippen molar-refractivity contribution in [2.75, 3.05) is 11.9 Å². The first kappa shape index (κ1) is 12.9. The Labute approximate surface area is 109 Å². The van der Waals surface area contributed by atoms with Gasteiger partial charge in [0.05, 0.1) is 5.56 Å². The molecule has 0 unspecified atom stereocenters. The fraction of sp³-hybridized carbons (Fsp3) is 0.600. The molecular formula is C15H21N3. The van der Waals surface area contributed by atoms with Crippen molar-refractivity contribution in [2.24, 2.45) is 11.8 Å². The number of hydrogen-bond donors (Lipinski definition) is 1. The van der Waals surface area contributed by atoms with Crippen LogP contribution in [-0.4, -0.2) is 11.5 Å². The van der Waals surface area contributed by atoms with E-state index in [1.54, 1.807) is 18.3 Å². The zero-order valence-electron chi connectivity index (χ0n) is 11.0. The molecule has 1 saturated carbocycles. The number of nitriles is 1. The quantitative estimate of drug-likeness (QED) is 0.879. The Morgan fingerprint density at radius 3 is 2.89 bits per heavy atom. The van der Waals surface area contributed by atoms with Gasteiger partial charge in [-0.2, -0.15) is 5.26 Å². The van der Waals surface area contributed by atoms with E-state index >= 15 is 0 Å². The van der Waals surface area contributed by atoms with Gasteiger partial charge in [-0.05, 0) is 30.4 Å². The van der Waals surface area contributed by atoms with Gasteiger partial charge in [0, 0.05) is 12.7 Å². The average Bonchev–Trinajstić information content (AvgIpc) is 2.41. The van der Waals surface area contributed by atoms with E-state index in [0.717, 1.165) is 24.2 Å². The third-order valence-corrected chi connectivity index (χ3v) is 3.91. The largest absolute Gasteiger partial charge is 0.369 e. The molecule has 0 amide bonds. The molecule has 1 aromatic rings. The fourth-order valence-corrected chi connectivity index (χ4v) is 2.65. The van der Waals surface area contributed by atoms with E-state index in [2.05, 4.69) is 23.3 Å². The number of nitrogens with zero attached hydrogens (tertiary/aromatic N) is 2. The van der Waals surface area contributed by atoms with Gasteiger partial charge in [-0.15, -0.1) is 0 Å². The molecule has 1 fully saturated rings. The lowest BCUT2D eigenvalue weighted by atomic mass is 9.81. The Bertz CT molecular complexity index is 414. The zero-order valence-corrected chi connectivity index (χ0v) is 11.0. The molecule has 0 bridgehead atoms. The minimum absolute atomic E-state index is 0.634. The molecule has 1 N–H and O–H groups in total. The van der Waals surface area contributed by atoms with Crippen LogP contribution in [0.2, 0.25) is 0 Å². The number of pyridine rings is 1. The summed E-state index contributed by atoms with van der Waals surface area (Å²) in [5.41, 5.74) is 0.634. The standard InChI is InChI=1S/C15H21N3/c1-12-4-6-13(7-5-12)8-10-18-15-14(11-16)3-2-9-17-15/h2-3,9,12-13H,4-8,10H2,1H3,(H,17,18). The number of nitrogens with one attached hydrogen (secondary N) is 1. The summed E-state index contributed by atoms with van der Waals surface area (Å²) in [5.74, 6) is 2.49. The summed E-state index contributed by atoms with van der Waals surface area (Å²) in [7, 11) is 0. The molecule has 0 spiro atoms. The van der Waals surface area contributed by atoms with Crippen LogP contribution in [0.15, 0.2) is 18.3 Å². The third-order valence-electron chi connectivity index (χ3n) is 3.91. The highest BCUT2D eigenvalue weighted by Gasteiger charge is 2.17. The minimum atomic E-state index is 0.634. The van der Waals surface area contributed by atoms with Crippen molar-refractivity contribution >= 4 is 5.82 Å². The lowest BCUT2D eigenvalue weighted by molar-refractivity contribution is 0.282. The van der Waals surface area contributed by atoms with Gasteiger partial charge in [0.2, 0.25) is 0 Å². The summed E-state index contributed by atoms with van der Waals surface area (Å²) in [5, 5.41) is 12.3. The molecule has 96 valence electrons. The molecule has 1 aliphatic carbocycles. The Balaban J connectivity index is 1.77. The first-order valence-electron chi connectivity index (χ1n) is 6.88. The van der Waals surface area contributed by atoms with Crippen molar-refractivity contribution in [3.63, 3.8) is 0 Å². The van der Waals surface area contributed by atoms with E-state index < -0.39 is 0 Å². The monoisotopic (exact) mass is 243 g/mol. The number of anilines is 1. The normalized spacial score (nSPS) is 23.3. The predicted molar refractivity (Wildman–Crippen MR) is 73.2 cm³/mol. The number of rotatable bonds is 4. The van der Waals surface area contributed by atoms with Crippen LogP contribution in [0.4, 0.5) is 5.82 Å². The summed E-state index contributed by atoms with van der Waals surface area (Å²) < 4.78 is 0. The Morgan fingerprint density at radius 2 is 2.17 bits per heavy atom. The molecule has 3 heteroatoms. The van der Waals surface area contributed by atoms with Gasteiger partial charge >= 0.3 is 0 Å². The van der Waals surface area contributed by atoms with Gasteiger partial charge in [0.25, 0.3) is 0 Å². The summed E-state index contributed by atoms with van der Waals surface area (Å²) >= 11 is 0. The molecule has 2 rings (SSSR count). The lowest BCUT2D eigenvalue weighted by Gasteiger charge is -2.26. The van der Waals surface area contributed by atoms with Gasteiger partial charge in [-0.1, -0.05) is 32.6 Å². The molecule has 1 heterocycles. The van der Waals surface area contributed by atoms with E-state index in [-0.39, 0.29) is 0 Å². The van der Waals surface area contributed by atoms with Crippen LogP contribution in [-0.2, 0) is 0 Å². The molecule has 0 atom stereocenters. The fourth-order valence-electron chi connectivity index (χ4n) is 2.65. The first-order valence-corrected chi connectivity index (χ1v) is 6.88. The molecule has 0 radical (unpaired) electrons. The molecule has 1 aliphatic rings. The van der Waals surface area contributed by atoms with Crippen molar-refractivity contribution in [1.82, 2.24) is 4.98 Å². The van der Waals surface area contributed by atoms with Crippen LogP contribution >= 0.6 is 0 Å². The molecule has 18 heavy (non-hydrogen) atoms. The SMILES string of the molecule is CC1CCC(CCNc2ncccc2C#N)CC1. The van der Waals surface area contributed by atoms with Crippen LogP contribution < -0.4 is 5.32 Å². The second kappa shape index (κ2) is 6.39. The van der Waals surface area contributed by atoms with Crippen molar-refractivity contribution in [3.8, 4) is 6.07 Å². The van der Waals surface area contributed by atoms with Crippen LogP contribution in [0.5, 0.6) is 0 Å². The van der Waals surface area contributed by atoms with E-state index in [4.69, 9.17) is 5.26 Å². The maximum atomic E-state index is 8.97. The predicted octanol–water partition coefficient (Wildman–Crippen LogP) is 3.58. The Hall–Kier alpha value is -1.56. The van der Waals surface area contributed by atoms with Gasteiger partial charge in [-0.3, -0.25) is 0 Å². The molecule has 0 aliphatic heterocycles. The molecular weight excluding hydrogens is 222 g/mol. The van der Waals surface area contributed by atoms with E-state index in [1.165, 1.54) is 32.1 Å². The van der Waals surface area contributed by atoms with Crippen molar-refractivity contribution in [1.29, 1.82) is 5.26 Å². The smallest absolute Gasteiger partial charge is 0.143 e. The third kappa shape index (κ3) is 3.46. The highest BCUT2D eigenvalue weighted by molar-refractivity contribution is 5.50. The van der Waals surface area contributed by atoms with Crippen LogP contribution in [0.3, 0.4) is 0 Å². The first-order chi connectivity index (χ1) is 8.79. The molecule has 3 nitrogen and oxygen atoms in total. The maximum Gasteiger partial charge on any atom is 0.143 e. The van der Waals surface area contributed by atoms with E-state index in [0.29, 0.717) is 5.56 Å². The van der Waals surface area contributed by atoms with Gasteiger partial charge in [0.15, 0.2) is 0 Å². The number of hydrogen-bond acceptors (Lipinski definition) is 3. The van der Waals surface area contributed by atoms with Crippen LogP contribution in [0.1, 0.15) is 44.6 Å². The average molecular weight is 243 g/mol. The lowest BCUT2D eigenvalue weighted by Crippen LogP contribution is -2.16. The van der Waals surface area contributed by atoms with Crippen molar-refractivity contribution in [2.45, 2.75) is 39.0 Å². The maximum absolute atomic E-state index is 8.97. The summed E-state index contributed by atoms with van der Waals surface area (Å²) in [4.78, 5) is 4.21. The van der Waals surface area contributed by atoms with Crippen LogP contribution in [0, 0.1) is 23.2 Å². The summed E-state index contributed by atoms with van der Waals surface area (Å²) in [6, 6.07) is 5.77. The minimum Gasteiger partial charge on any atom is -0.369 e. The summed E-state index contributed by atoms with van der Waals surface area (Å²) in [6.07, 6.45) is 8.38. The van der Waals surface area contributed by atoms with E-state index in [9.17, 15) is 0 Å². The Morgan fingerprint density at radius 1 is 1.39 bits per heavy atom. The number of aromatic nitrogens is 1. The van der Waals surface area contributed by atoms with Gasteiger partial charge < -0.3 is 5.32 Å². The highest BCUT2D eigenvalue weighted by atomic mass is 15.0. The van der Waals surface area contributed by atoms with Crippen LogP contribution in [0.25, 0.3) is 0 Å². The topological polar surface area (TPSA) is 48.7 Å². The second-order valence-electron chi connectivity index (χ2n) is 5.35. The van der Waals surface area contributed by atoms with Crippen molar-refractivity contribution in [3.05, 3.63) is 23.9 Å².